The maximum atomic E-state index is 13.6. The van der Waals surface area contributed by atoms with Gasteiger partial charge in [-0.15, -0.1) is 0 Å². The van der Waals surface area contributed by atoms with Gasteiger partial charge in [0.05, 0.1) is 17.4 Å². The fourth-order valence-electron chi connectivity index (χ4n) is 4.37. The third-order valence-corrected chi connectivity index (χ3v) is 6.21. The Bertz CT molecular complexity index is 1150. The van der Waals surface area contributed by atoms with Crippen molar-refractivity contribution in [2.24, 2.45) is 5.92 Å². The quantitative estimate of drug-likeness (QED) is 0.553. The number of hydrogen-bond acceptors (Lipinski definition) is 5. The lowest BCUT2D eigenvalue weighted by atomic mass is 9.90. The Morgan fingerprint density at radius 1 is 0.812 bits per heavy atom. The molecule has 0 radical (unpaired) electrons. The molecule has 2 amide bonds. The van der Waals surface area contributed by atoms with Crippen LogP contribution in [0.1, 0.15) is 11.6 Å². The molecule has 0 aliphatic carbocycles. The molecule has 2 aliphatic rings. The van der Waals surface area contributed by atoms with Crippen molar-refractivity contribution in [2.45, 2.75) is 12.1 Å². The number of carbonyl (C=O) groups excluding carboxylic acids is 2. The van der Waals surface area contributed by atoms with E-state index in [4.69, 9.17) is 16.4 Å². The minimum absolute atomic E-state index is 0.276. The number of imide groups is 1. The zero-order valence-corrected chi connectivity index (χ0v) is 18.4. The van der Waals surface area contributed by atoms with Crippen molar-refractivity contribution >= 4 is 40.5 Å². The summed E-state index contributed by atoms with van der Waals surface area (Å²) in [5.41, 5.74) is 3.25. The van der Waals surface area contributed by atoms with Crippen molar-refractivity contribution in [1.82, 2.24) is 0 Å². The Hall–Kier alpha value is -3.35. The second kappa shape index (κ2) is 7.97. The lowest BCUT2D eigenvalue weighted by molar-refractivity contribution is -0.126. The Morgan fingerprint density at radius 3 is 2.09 bits per heavy atom. The molecule has 0 bridgehead atoms. The second-order valence-corrected chi connectivity index (χ2v) is 8.57. The zero-order chi connectivity index (χ0) is 22.4. The number of para-hydroxylation sites is 1. The highest BCUT2D eigenvalue weighted by atomic mass is 35.5. The average Bonchev–Trinajstić information content (AvgIpc) is 3.31. The molecule has 2 aliphatic heterocycles. The van der Waals surface area contributed by atoms with Crippen LogP contribution in [-0.4, -0.2) is 32.0 Å². The van der Waals surface area contributed by atoms with Gasteiger partial charge in [-0.25, -0.2) is 9.96 Å². The molecule has 0 N–H and O–H groups in total. The number of benzene rings is 3. The minimum atomic E-state index is -0.892. The van der Waals surface area contributed by atoms with Crippen LogP contribution in [-0.2, 0) is 14.4 Å². The fourth-order valence-corrected chi connectivity index (χ4v) is 4.49. The summed E-state index contributed by atoms with van der Waals surface area (Å²) >= 11 is 5.99. The van der Waals surface area contributed by atoms with Crippen molar-refractivity contribution in [1.29, 1.82) is 0 Å². The first-order valence-corrected chi connectivity index (χ1v) is 10.8. The Labute approximate surface area is 191 Å². The van der Waals surface area contributed by atoms with Gasteiger partial charge in [-0.1, -0.05) is 41.9 Å². The van der Waals surface area contributed by atoms with E-state index in [0.29, 0.717) is 10.7 Å². The maximum absolute atomic E-state index is 13.6. The van der Waals surface area contributed by atoms with E-state index in [2.05, 4.69) is 0 Å². The third-order valence-electron chi connectivity index (χ3n) is 5.96. The number of rotatable bonds is 4. The van der Waals surface area contributed by atoms with E-state index in [-0.39, 0.29) is 11.8 Å². The first kappa shape index (κ1) is 20.5. The van der Waals surface area contributed by atoms with Crippen LogP contribution in [0.2, 0.25) is 5.02 Å². The monoisotopic (exact) mass is 447 g/mol. The lowest BCUT2D eigenvalue weighted by Crippen LogP contribution is -2.37. The zero-order valence-electron chi connectivity index (χ0n) is 17.7. The number of anilines is 3. The highest BCUT2D eigenvalue weighted by Gasteiger charge is 2.60. The Kier molecular flexibility index (Phi) is 5.12. The summed E-state index contributed by atoms with van der Waals surface area (Å²) in [6, 6.07) is 23.8. The van der Waals surface area contributed by atoms with Gasteiger partial charge < -0.3 is 4.90 Å². The Morgan fingerprint density at radius 2 is 1.47 bits per heavy atom. The van der Waals surface area contributed by atoms with Gasteiger partial charge >= 0.3 is 0 Å². The summed E-state index contributed by atoms with van der Waals surface area (Å²) in [5.74, 6) is -1.30. The molecule has 3 aromatic carbocycles. The molecule has 7 heteroatoms. The molecule has 32 heavy (non-hydrogen) atoms. The summed E-state index contributed by atoms with van der Waals surface area (Å²) in [6.45, 7) is 0. The number of hydroxylamine groups is 1. The predicted molar refractivity (Wildman–Crippen MR) is 125 cm³/mol. The first-order chi connectivity index (χ1) is 15.5. The number of carbonyl (C=O) groups is 2. The van der Waals surface area contributed by atoms with Gasteiger partial charge in [0.2, 0.25) is 5.91 Å². The van der Waals surface area contributed by atoms with Crippen molar-refractivity contribution in [3.63, 3.8) is 0 Å². The van der Waals surface area contributed by atoms with Crippen LogP contribution in [0.25, 0.3) is 0 Å². The van der Waals surface area contributed by atoms with E-state index in [1.165, 1.54) is 4.90 Å². The average molecular weight is 448 g/mol. The van der Waals surface area contributed by atoms with Crippen LogP contribution in [0.15, 0.2) is 78.9 Å². The first-order valence-electron chi connectivity index (χ1n) is 10.4. The molecular weight excluding hydrogens is 426 g/mol. The SMILES string of the molecule is CN(C)c1ccc([C@@H]2[C@@H]3C(=O)N(c4ccc(Cl)cc4)C(=O)[C@@H]3ON2c2ccccc2)cc1. The van der Waals surface area contributed by atoms with Gasteiger partial charge in [-0.3, -0.25) is 14.4 Å². The van der Waals surface area contributed by atoms with Gasteiger partial charge in [0.25, 0.3) is 5.91 Å². The van der Waals surface area contributed by atoms with E-state index in [1.54, 1.807) is 29.3 Å². The molecule has 162 valence electrons. The molecule has 2 fully saturated rings. The molecule has 0 spiro atoms. The molecule has 6 nitrogen and oxygen atoms in total. The third kappa shape index (κ3) is 3.32. The van der Waals surface area contributed by atoms with Gasteiger partial charge in [0.1, 0.15) is 5.92 Å². The lowest BCUT2D eigenvalue weighted by Gasteiger charge is -2.29. The summed E-state index contributed by atoms with van der Waals surface area (Å²) in [6.07, 6.45) is -0.892. The second-order valence-electron chi connectivity index (χ2n) is 8.13. The maximum Gasteiger partial charge on any atom is 0.266 e. The van der Waals surface area contributed by atoms with Gasteiger partial charge in [0.15, 0.2) is 6.10 Å². The summed E-state index contributed by atoms with van der Waals surface area (Å²) in [7, 11) is 3.95. The fraction of sp³-hybridized carbons (Fsp3) is 0.200. The van der Waals surface area contributed by atoms with Crippen molar-refractivity contribution in [3.05, 3.63) is 89.4 Å². The van der Waals surface area contributed by atoms with Crippen LogP contribution in [0.5, 0.6) is 0 Å². The number of hydrogen-bond donors (Lipinski definition) is 0. The highest BCUT2D eigenvalue weighted by Crippen LogP contribution is 2.47. The predicted octanol–water partition coefficient (Wildman–Crippen LogP) is 4.46. The van der Waals surface area contributed by atoms with Gasteiger partial charge in [0, 0.05) is 24.8 Å². The molecule has 2 saturated heterocycles. The minimum Gasteiger partial charge on any atom is -0.378 e. The number of nitrogens with zero attached hydrogens (tertiary/aromatic N) is 3. The summed E-state index contributed by atoms with van der Waals surface area (Å²) in [5, 5.41) is 2.24. The van der Waals surface area contributed by atoms with Crippen molar-refractivity contribution in [2.75, 3.05) is 29.0 Å². The van der Waals surface area contributed by atoms with E-state index in [1.807, 2.05) is 73.6 Å². The number of halogens is 1. The normalized spacial score (nSPS) is 22.4. The van der Waals surface area contributed by atoms with Crippen LogP contribution in [0.3, 0.4) is 0 Å². The van der Waals surface area contributed by atoms with Crippen LogP contribution >= 0.6 is 11.6 Å². The highest BCUT2D eigenvalue weighted by molar-refractivity contribution is 6.31. The molecular formula is C25H22ClN3O3. The molecule has 0 aromatic heterocycles. The standard InChI is InChI=1S/C25H22ClN3O3/c1-27(2)18-12-8-16(9-13-18)22-21-23(32-29(22)20-6-4-3-5-7-20)25(31)28(24(21)30)19-14-10-17(26)11-15-19/h3-15,21-23H,1-2H3/t21-,22+,23+/m0/s1. The smallest absolute Gasteiger partial charge is 0.266 e. The van der Waals surface area contributed by atoms with E-state index in [9.17, 15) is 9.59 Å². The van der Waals surface area contributed by atoms with Crippen molar-refractivity contribution < 1.29 is 14.4 Å². The summed E-state index contributed by atoms with van der Waals surface area (Å²) < 4.78 is 0. The number of amides is 2. The summed E-state index contributed by atoms with van der Waals surface area (Å²) in [4.78, 5) is 36.3. The molecule has 3 atom stereocenters. The van der Waals surface area contributed by atoms with E-state index in [0.717, 1.165) is 16.9 Å². The largest absolute Gasteiger partial charge is 0.378 e. The molecule has 0 saturated carbocycles. The van der Waals surface area contributed by atoms with Crippen LogP contribution < -0.4 is 14.9 Å². The molecule has 3 aromatic rings. The van der Waals surface area contributed by atoms with Gasteiger partial charge in [-0.2, -0.15) is 0 Å². The molecule has 0 unspecified atom stereocenters. The van der Waals surface area contributed by atoms with E-state index < -0.39 is 18.1 Å². The van der Waals surface area contributed by atoms with Crippen molar-refractivity contribution in [3.8, 4) is 0 Å². The van der Waals surface area contributed by atoms with E-state index >= 15 is 0 Å². The topological polar surface area (TPSA) is 53.1 Å². The number of fused-ring (bicyclic) bond motifs is 1. The molecule has 2 heterocycles. The molecule has 5 rings (SSSR count). The van der Waals surface area contributed by atoms with Gasteiger partial charge in [-0.05, 0) is 54.1 Å². The Balaban J connectivity index is 1.56. The van der Waals surface area contributed by atoms with Crippen LogP contribution in [0.4, 0.5) is 17.1 Å². The van der Waals surface area contributed by atoms with Crippen LogP contribution in [0, 0.1) is 5.92 Å².